The summed E-state index contributed by atoms with van der Waals surface area (Å²) in [6, 6.07) is 1.87. The number of thiophene rings is 1. The summed E-state index contributed by atoms with van der Waals surface area (Å²) in [5, 5.41) is 3.70. The summed E-state index contributed by atoms with van der Waals surface area (Å²) < 4.78 is 1.43. The van der Waals surface area contributed by atoms with E-state index in [1.165, 1.54) is 27.7 Å². The molecule has 0 atom stereocenters. The highest BCUT2D eigenvalue weighted by molar-refractivity contribution is 7.98. The topological polar surface area (TPSA) is 64.0 Å². The number of carbonyl (C=O) groups is 1. The number of aryl methyl sites for hydroxylation is 1. The minimum atomic E-state index is -0.204. The number of fused-ring (bicyclic) bond motifs is 1. The summed E-state index contributed by atoms with van der Waals surface area (Å²) in [5.41, 5.74) is -0.145. The van der Waals surface area contributed by atoms with Gasteiger partial charge in [0.1, 0.15) is 11.4 Å². The summed E-state index contributed by atoms with van der Waals surface area (Å²) in [7, 11) is 1.55. The number of hydrogen-bond acceptors (Lipinski definition) is 5. The van der Waals surface area contributed by atoms with Gasteiger partial charge in [-0.25, -0.2) is 4.98 Å². The van der Waals surface area contributed by atoms with Crippen LogP contribution in [0.1, 0.15) is 11.8 Å². The van der Waals surface area contributed by atoms with Crippen LogP contribution >= 0.6 is 23.1 Å². The van der Waals surface area contributed by atoms with Crippen LogP contribution in [-0.4, -0.2) is 28.8 Å². The van der Waals surface area contributed by atoms with E-state index in [0.29, 0.717) is 10.5 Å². The normalized spacial score (nSPS) is 10.9. The van der Waals surface area contributed by atoms with Gasteiger partial charge in [-0.1, -0.05) is 18.7 Å². The van der Waals surface area contributed by atoms with Gasteiger partial charge < -0.3 is 5.32 Å². The van der Waals surface area contributed by atoms with Gasteiger partial charge in [0.2, 0.25) is 5.91 Å². The van der Waals surface area contributed by atoms with Crippen LogP contribution in [0.15, 0.2) is 16.0 Å². The van der Waals surface area contributed by atoms with Crippen LogP contribution in [0, 0.1) is 0 Å². The second kappa shape index (κ2) is 5.75. The molecule has 102 valence electrons. The van der Waals surface area contributed by atoms with E-state index in [4.69, 9.17) is 0 Å². The Bertz CT molecular complexity index is 675. The lowest BCUT2D eigenvalue weighted by molar-refractivity contribution is -0.121. The molecule has 0 bridgehead atoms. The van der Waals surface area contributed by atoms with Crippen LogP contribution in [0.4, 0.5) is 0 Å². The third-order valence-electron chi connectivity index (χ3n) is 2.78. The maximum Gasteiger partial charge on any atom is 0.263 e. The van der Waals surface area contributed by atoms with Crippen LogP contribution in [0.25, 0.3) is 10.2 Å². The highest BCUT2D eigenvalue weighted by Crippen LogP contribution is 2.24. The lowest BCUT2D eigenvalue weighted by atomic mass is 10.3. The van der Waals surface area contributed by atoms with Crippen molar-refractivity contribution in [2.45, 2.75) is 25.0 Å². The molecule has 0 aliphatic rings. The monoisotopic (exact) mass is 297 g/mol. The second-order valence-corrected chi connectivity index (χ2v) is 5.84. The van der Waals surface area contributed by atoms with Gasteiger partial charge in [0.15, 0.2) is 5.16 Å². The van der Waals surface area contributed by atoms with Crippen LogP contribution < -0.4 is 10.9 Å². The molecule has 0 saturated heterocycles. The first-order valence-corrected chi connectivity index (χ1v) is 7.92. The number of nitrogens with zero attached hydrogens (tertiary/aromatic N) is 2. The maximum absolute atomic E-state index is 12.4. The zero-order chi connectivity index (χ0) is 14.0. The average Bonchev–Trinajstić information content (AvgIpc) is 2.84. The molecule has 0 spiro atoms. The zero-order valence-electron chi connectivity index (χ0n) is 11.0. The third-order valence-corrected chi connectivity index (χ3v) is 4.63. The Morgan fingerprint density at radius 2 is 2.32 bits per heavy atom. The molecule has 0 aliphatic carbocycles. The summed E-state index contributed by atoms with van der Waals surface area (Å²) >= 11 is 2.91. The van der Waals surface area contributed by atoms with Gasteiger partial charge in [0.05, 0.1) is 5.39 Å². The Hall–Kier alpha value is -1.34. The van der Waals surface area contributed by atoms with Crippen LogP contribution in [0.5, 0.6) is 0 Å². The quantitative estimate of drug-likeness (QED) is 0.686. The molecule has 1 amide bonds. The van der Waals surface area contributed by atoms with Gasteiger partial charge in [-0.2, -0.15) is 0 Å². The number of nitrogens with one attached hydrogen (secondary N) is 1. The average molecular weight is 297 g/mol. The molecule has 0 fully saturated rings. The molecule has 0 unspecified atom stereocenters. The van der Waals surface area contributed by atoms with Gasteiger partial charge in [0.25, 0.3) is 5.56 Å². The van der Waals surface area contributed by atoms with Crippen molar-refractivity contribution in [2.24, 2.45) is 0 Å². The maximum atomic E-state index is 12.4. The SMILES string of the molecule is CCc1cc2c(=O)n(CC(=O)NC)c(SC)nc2s1. The molecule has 0 aliphatic heterocycles. The van der Waals surface area contributed by atoms with Crippen molar-refractivity contribution in [1.29, 1.82) is 0 Å². The molecule has 2 aromatic heterocycles. The van der Waals surface area contributed by atoms with Gasteiger partial charge in [-0.15, -0.1) is 11.3 Å². The van der Waals surface area contributed by atoms with E-state index < -0.39 is 0 Å². The Morgan fingerprint density at radius 1 is 1.58 bits per heavy atom. The molecular formula is C12H15N3O2S2. The van der Waals surface area contributed by atoms with E-state index in [0.717, 1.165) is 16.1 Å². The van der Waals surface area contributed by atoms with Crippen molar-refractivity contribution >= 4 is 39.2 Å². The molecule has 1 N–H and O–H groups in total. The standard InChI is InChI=1S/C12H15N3O2S2/c1-4-7-5-8-10(19-7)14-12(18-3)15(11(8)17)6-9(16)13-2/h5H,4,6H2,1-3H3,(H,13,16). The van der Waals surface area contributed by atoms with Crippen molar-refractivity contribution in [2.75, 3.05) is 13.3 Å². The van der Waals surface area contributed by atoms with Gasteiger partial charge in [0, 0.05) is 11.9 Å². The van der Waals surface area contributed by atoms with Crippen molar-refractivity contribution in [3.63, 3.8) is 0 Å². The molecule has 19 heavy (non-hydrogen) atoms. The Labute approximate surface area is 119 Å². The number of likely N-dealkylation sites (N-methyl/N-ethyl adjacent to an activating group) is 1. The largest absolute Gasteiger partial charge is 0.358 e. The fourth-order valence-electron chi connectivity index (χ4n) is 1.74. The molecule has 0 radical (unpaired) electrons. The van der Waals surface area contributed by atoms with E-state index in [2.05, 4.69) is 10.3 Å². The first-order valence-electron chi connectivity index (χ1n) is 5.88. The van der Waals surface area contributed by atoms with Crippen LogP contribution in [0.3, 0.4) is 0 Å². The molecule has 0 aromatic carbocycles. The van der Waals surface area contributed by atoms with Crippen molar-refractivity contribution in [3.05, 3.63) is 21.3 Å². The first kappa shape index (κ1) is 14.1. The smallest absolute Gasteiger partial charge is 0.263 e. The van der Waals surface area contributed by atoms with E-state index in [1.54, 1.807) is 7.05 Å². The van der Waals surface area contributed by atoms with Gasteiger partial charge >= 0.3 is 0 Å². The number of carbonyl (C=O) groups excluding carboxylic acids is 1. The molecule has 2 rings (SSSR count). The van der Waals surface area contributed by atoms with E-state index in [-0.39, 0.29) is 18.0 Å². The second-order valence-electron chi connectivity index (χ2n) is 3.95. The molecule has 5 nitrogen and oxygen atoms in total. The number of rotatable bonds is 4. The minimum absolute atomic E-state index is 0.00571. The van der Waals surface area contributed by atoms with Crippen LogP contribution in [0.2, 0.25) is 0 Å². The van der Waals surface area contributed by atoms with E-state index in [1.807, 2.05) is 19.2 Å². The summed E-state index contributed by atoms with van der Waals surface area (Å²) in [4.78, 5) is 30.3. The predicted octanol–water partition coefficient (Wildman–Crippen LogP) is 1.49. The van der Waals surface area contributed by atoms with Crippen molar-refractivity contribution < 1.29 is 4.79 Å². The summed E-state index contributed by atoms with van der Waals surface area (Å²) in [5.74, 6) is -0.204. The van der Waals surface area contributed by atoms with E-state index in [9.17, 15) is 9.59 Å². The molecule has 2 aromatic rings. The summed E-state index contributed by atoms with van der Waals surface area (Å²) in [6.45, 7) is 2.05. The van der Waals surface area contributed by atoms with Gasteiger partial charge in [-0.3, -0.25) is 14.2 Å². The molecular weight excluding hydrogens is 282 g/mol. The van der Waals surface area contributed by atoms with Crippen molar-refractivity contribution in [1.82, 2.24) is 14.9 Å². The first-order chi connectivity index (χ1) is 9.10. The Kier molecular flexibility index (Phi) is 4.26. The lowest BCUT2D eigenvalue weighted by Crippen LogP contribution is -2.31. The van der Waals surface area contributed by atoms with Crippen LogP contribution in [-0.2, 0) is 17.8 Å². The molecule has 0 saturated carbocycles. The minimum Gasteiger partial charge on any atom is -0.358 e. The fraction of sp³-hybridized carbons (Fsp3) is 0.417. The Morgan fingerprint density at radius 3 is 2.89 bits per heavy atom. The van der Waals surface area contributed by atoms with Gasteiger partial charge in [-0.05, 0) is 18.7 Å². The predicted molar refractivity (Wildman–Crippen MR) is 79.1 cm³/mol. The zero-order valence-corrected chi connectivity index (χ0v) is 12.7. The Balaban J connectivity index is 2.64. The highest BCUT2D eigenvalue weighted by Gasteiger charge is 2.14. The van der Waals surface area contributed by atoms with Crippen molar-refractivity contribution in [3.8, 4) is 0 Å². The highest BCUT2D eigenvalue weighted by atomic mass is 32.2. The summed E-state index contributed by atoms with van der Waals surface area (Å²) in [6.07, 6.45) is 2.73. The van der Waals surface area contributed by atoms with E-state index >= 15 is 0 Å². The third kappa shape index (κ3) is 2.66. The lowest BCUT2D eigenvalue weighted by Gasteiger charge is -2.09. The number of thioether (sulfide) groups is 1. The molecule has 7 heteroatoms. The number of aromatic nitrogens is 2. The number of amides is 1. The fourth-order valence-corrected chi connectivity index (χ4v) is 3.31. The molecule has 2 heterocycles. The number of hydrogen-bond donors (Lipinski definition) is 1.